The summed E-state index contributed by atoms with van der Waals surface area (Å²) in [5.41, 5.74) is 3.04. The van der Waals surface area contributed by atoms with E-state index in [-0.39, 0.29) is 18.8 Å². The lowest BCUT2D eigenvalue weighted by Gasteiger charge is -2.25. The number of nitriles is 1. The summed E-state index contributed by atoms with van der Waals surface area (Å²) in [6.45, 7) is 3.60. The molecule has 0 fully saturated rings. The summed E-state index contributed by atoms with van der Waals surface area (Å²) in [5, 5.41) is 11.0. The standard InChI is InChI=1S/C31H28N4O4S/c1-5-38-30(37)27-19(2)33-31-35(28(27)21-10-13-22(14-11-21)34(3)4)29(36)26(40-31)18-24-23-9-7-6-8-20(23)12-15-25(24)39-17-16-32/h6-15,18,28H,5,17H2,1-4H3/b26-18-/t28-/m0/s1. The van der Waals surface area contributed by atoms with Gasteiger partial charge in [0.15, 0.2) is 11.4 Å². The van der Waals surface area contributed by atoms with Crippen molar-refractivity contribution in [2.75, 3.05) is 32.2 Å². The van der Waals surface area contributed by atoms with Crippen LogP contribution < -0.4 is 24.5 Å². The average molecular weight is 553 g/mol. The summed E-state index contributed by atoms with van der Waals surface area (Å²) in [4.78, 5) is 34.4. The van der Waals surface area contributed by atoms with Gasteiger partial charge in [-0.2, -0.15) is 5.26 Å². The third kappa shape index (κ3) is 4.90. The molecular formula is C31H28N4O4S. The fourth-order valence-corrected chi connectivity index (χ4v) is 5.88. The molecule has 0 saturated carbocycles. The Labute approximate surface area is 235 Å². The number of esters is 1. The molecular weight excluding hydrogens is 524 g/mol. The van der Waals surface area contributed by atoms with Gasteiger partial charge in [-0.25, -0.2) is 9.79 Å². The summed E-state index contributed by atoms with van der Waals surface area (Å²) in [7, 11) is 3.90. The molecule has 1 atom stereocenters. The van der Waals surface area contributed by atoms with E-state index < -0.39 is 12.0 Å². The van der Waals surface area contributed by atoms with Gasteiger partial charge < -0.3 is 14.4 Å². The molecule has 0 unspecified atom stereocenters. The number of benzene rings is 3. The second-order valence-corrected chi connectivity index (χ2v) is 10.4. The minimum absolute atomic E-state index is 0.120. The maximum absolute atomic E-state index is 14.1. The largest absolute Gasteiger partial charge is 0.478 e. The van der Waals surface area contributed by atoms with Crippen molar-refractivity contribution < 1.29 is 14.3 Å². The zero-order chi connectivity index (χ0) is 28.4. The first-order chi connectivity index (χ1) is 19.3. The third-order valence-electron chi connectivity index (χ3n) is 6.74. The maximum atomic E-state index is 14.1. The Hall–Kier alpha value is -4.68. The topological polar surface area (TPSA) is 96.9 Å². The lowest BCUT2D eigenvalue weighted by Crippen LogP contribution is -2.40. The predicted molar refractivity (Wildman–Crippen MR) is 156 cm³/mol. The molecule has 4 aromatic rings. The summed E-state index contributed by atoms with van der Waals surface area (Å²) in [5.74, 6) is 0.00580. The molecule has 0 spiro atoms. The van der Waals surface area contributed by atoms with Gasteiger partial charge in [0.1, 0.15) is 11.8 Å². The minimum Gasteiger partial charge on any atom is -0.478 e. The van der Waals surface area contributed by atoms with E-state index in [1.807, 2.05) is 79.7 Å². The lowest BCUT2D eigenvalue weighted by atomic mass is 9.95. The lowest BCUT2D eigenvalue weighted by molar-refractivity contribution is -0.139. The van der Waals surface area contributed by atoms with Crippen LogP contribution in [-0.2, 0) is 9.53 Å². The number of allylic oxidation sites excluding steroid dienone is 1. The average Bonchev–Trinajstić information content (AvgIpc) is 3.26. The molecule has 0 radical (unpaired) electrons. The molecule has 1 aliphatic rings. The van der Waals surface area contributed by atoms with Crippen LogP contribution in [-0.4, -0.2) is 37.8 Å². The Morgan fingerprint density at radius 2 is 1.90 bits per heavy atom. The number of carbonyl (C=O) groups is 1. The number of hydrogen-bond donors (Lipinski definition) is 0. The number of hydrogen-bond acceptors (Lipinski definition) is 8. The van der Waals surface area contributed by atoms with Crippen LogP contribution in [0.25, 0.3) is 16.8 Å². The van der Waals surface area contributed by atoms with Crippen LogP contribution in [0.3, 0.4) is 0 Å². The van der Waals surface area contributed by atoms with E-state index in [9.17, 15) is 9.59 Å². The van der Waals surface area contributed by atoms with E-state index in [1.165, 1.54) is 11.3 Å². The van der Waals surface area contributed by atoms with Crippen molar-refractivity contribution in [1.82, 2.24) is 4.57 Å². The number of aromatic nitrogens is 1. The number of rotatable bonds is 7. The van der Waals surface area contributed by atoms with Crippen LogP contribution in [0.5, 0.6) is 5.75 Å². The first kappa shape index (κ1) is 26.9. The summed E-state index contributed by atoms with van der Waals surface area (Å²) in [6, 6.07) is 20.6. The Kier molecular flexibility index (Phi) is 7.54. The molecule has 2 heterocycles. The molecule has 40 heavy (non-hydrogen) atoms. The number of thiazole rings is 1. The van der Waals surface area contributed by atoms with Gasteiger partial charge in [0, 0.05) is 25.3 Å². The normalized spacial score (nSPS) is 14.9. The number of anilines is 1. The molecule has 0 saturated heterocycles. The summed E-state index contributed by atoms with van der Waals surface area (Å²) < 4.78 is 13.1. The Bertz CT molecular complexity index is 1860. The Balaban J connectivity index is 1.75. The van der Waals surface area contributed by atoms with Crippen LogP contribution >= 0.6 is 11.3 Å². The molecule has 0 bridgehead atoms. The molecule has 8 nitrogen and oxygen atoms in total. The fourth-order valence-electron chi connectivity index (χ4n) is 4.85. The van der Waals surface area contributed by atoms with Crippen molar-refractivity contribution in [2.45, 2.75) is 19.9 Å². The highest BCUT2D eigenvalue weighted by atomic mass is 32.1. The minimum atomic E-state index is -0.699. The van der Waals surface area contributed by atoms with Crippen LogP contribution in [0.4, 0.5) is 5.69 Å². The molecule has 202 valence electrons. The first-order valence-corrected chi connectivity index (χ1v) is 13.6. The number of ether oxygens (including phenoxy) is 2. The van der Waals surface area contributed by atoms with Gasteiger partial charge in [-0.1, -0.05) is 53.8 Å². The van der Waals surface area contributed by atoms with Gasteiger partial charge in [-0.15, -0.1) is 0 Å². The van der Waals surface area contributed by atoms with Crippen LogP contribution in [0.15, 0.2) is 81.7 Å². The smallest absolute Gasteiger partial charge is 0.338 e. The first-order valence-electron chi connectivity index (χ1n) is 12.8. The van der Waals surface area contributed by atoms with E-state index >= 15 is 0 Å². The van der Waals surface area contributed by atoms with Crippen molar-refractivity contribution in [1.29, 1.82) is 5.26 Å². The van der Waals surface area contributed by atoms with Gasteiger partial charge in [-0.3, -0.25) is 9.36 Å². The van der Waals surface area contributed by atoms with Crippen molar-refractivity contribution >= 4 is 39.8 Å². The van der Waals surface area contributed by atoms with Crippen molar-refractivity contribution in [3.63, 3.8) is 0 Å². The van der Waals surface area contributed by atoms with E-state index in [0.717, 1.165) is 22.0 Å². The van der Waals surface area contributed by atoms with Gasteiger partial charge in [0.2, 0.25) is 0 Å². The Morgan fingerprint density at radius 3 is 2.60 bits per heavy atom. The Morgan fingerprint density at radius 1 is 1.15 bits per heavy atom. The van der Waals surface area contributed by atoms with Crippen LogP contribution in [0, 0.1) is 11.3 Å². The third-order valence-corrected chi connectivity index (χ3v) is 7.72. The van der Waals surface area contributed by atoms with Crippen LogP contribution in [0.1, 0.15) is 31.0 Å². The highest BCUT2D eigenvalue weighted by molar-refractivity contribution is 7.07. The molecule has 1 aromatic heterocycles. The SMILES string of the molecule is CCOC(=O)C1=C(C)N=c2s/c(=C\c3c(OCC#N)ccc4ccccc34)c(=O)n2[C@H]1c1ccc(N(C)C)cc1. The number of carbonyl (C=O) groups excluding carboxylic acids is 1. The number of nitrogens with zero attached hydrogens (tertiary/aromatic N) is 4. The van der Waals surface area contributed by atoms with Gasteiger partial charge in [-0.05, 0) is 54.5 Å². The van der Waals surface area contributed by atoms with E-state index in [2.05, 4.69) is 4.99 Å². The zero-order valence-electron chi connectivity index (χ0n) is 22.7. The van der Waals surface area contributed by atoms with Gasteiger partial charge >= 0.3 is 5.97 Å². The molecule has 0 aliphatic carbocycles. The molecule has 0 amide bonds. The van der Waals surface area contributed by atoms with Crippen LogP contribution in [0.2, 0.25) is 0 Å². The second-order valence-electron chi connectivity index (χ2n) is 9.43. The maximum Gasteiger partial charge on any atom is 0.338 e. The van der Waals surface area contributed by atoms with Gasteiger partial charge in [0.25, 0.3) is 5.56 Å². The van der Waals surface area contributed by atoms with E-state index in [4.69, 9.17) is 14.7 Å². The second kappa shape index (κ2) is 11.2. The fraction of sp³-hybridized carbons (Fsp3) is 0.226. The highest BCUT2D eigenvalue weighted by Gasteiger charge is 2.33. The monoisotopic (exact) mass is 552 g/mol. The summed E-state index contributed by atoms with van der Waals surface area (Å²) in [6.07, 6.45) is 1.79. The van der Waals surface area contributed by atoms with Crippen molar-refractivity contribution in [2.24, 2.45) is 4.99 Å². The molecule has 3 aromatic carbocycles. The van der Waals surface area contributed by atoms with Crippen molar-refractivity contribution in [3.8, 4) is 11.8 Å². The quantitative estimate of drug-likeness (QED) is 0.323. The molecule has 9 heteroatoms. The van der Waals surface area contributed by atoms with E-state index in [1.54, 1.807) is 30.6 Å². The summed E-state index contributed by atoms with van der Waals surface area (Å²) >= 11 is 1.25. The zero-order valence-corrected chi connectivity index (χ0v) is 23.5. The molecule has 1 aliphatic heterocycles. The number of fused-ring (bicyclic) bond motifs is 2. The molecule has 0 N–H and O–H groups in total. The van der Waals surface area contributed by atoms with Gasteiger partial charge in [0.05, 0.1) is 28.5 Å². The predicted octanol–water partition coefficient (Wildman–Crippen LogP) is 3.92. The highest BCUT2D eigenvalue weighted by Crippen LogP contribution is 2.32. The van der Waals surface area contributed by atoms with Crippen molar-refractivity contribution in [3.05, 3.63) is 103 Å². The van der Waals surface area contributed by atoms with E-state index in [0.29, 0.717) is 31.9 Å². The molecule has 5 rings (SSSR count).